The molecule has 4 nitrogen and oxygen atoms in total. The maximum absolute atomic E-state index is 5.53. The van der Waals surface area contributed by atoms with Crippen molar-refractivity contribution >= 4 is 23.4 Å². The van der Waals surface area contributed by atoms with Gasteiger partial charge in [0.25, 0.3) is 0 Å². The minimum atomic E-state index is 0.412. The van der Waals surface area contributed by atoms with Crippen LogP contribution in [0.4, 0.5) is 11.6 Å². The molecule has 1 aromatic heterocycles. The molecular formula is C9H14N4S. The molecule has 0 fully saturated rings. The molecule has 0 radical (unpaired) electrons. The quantitative estimate of drug-likeness (QED) is 0.449. The van der Waals surface area contributed by atoms with Crippen molar-refractivity contribution in [2.75, 3.05) is 17.2 Å². The molecular weight excluding hydrogens is 196 g/mol. The van der Waals surface area contributed by atoms with Crippen molar-refractivity contribution in [2.45, 2.75) is 18.5 Å². The zero-order chi connectivity index (χ0) is 10.6. The molecule has 4 N–H and O–H groups in total. The number of nitrogen functional groups attached to an aromatic ring is 2. The molecule has 0 saturated carbocycles. The molecule has 0 aliphatic rings. The fraction of sp³-hybridized carbons (Fsp3) is 0.333. The predicted octanol–water partition coefficient (Wildman–Crippen LogP) is 1.70. The van der Waals surface area contributed by atoms with E-state index in [-0.39, 0.29) is 0 Å². The second-order valence-corrected chi connectivity index (χ2v) is 4.12. The van der Waals surface area contributed by atoms with Gasteiger partial charge in [0.05, 0.1) is 0 Å². The van der Waals surface area contributed by atoms with Crippen molar-refractivity contribution in [3.8, 4) is 0 Å². The van der Waals surface area contributed by atoms with E-state index in [2.05, 4.69) is 16.5 Å². The van der Waals surface area contributed by atoms with Gasteiger partial charge in [-0.1, -0.05) is 17.3 Å². The van der Waals surface area contributed by atoms with E-state index in [1.54, 1.807) is 6.07 Å². The third-order valence-electron chi connectivity index (χ3n) is 1.51. The van der Waals surface area contributed by atoms with Crippen LogP contribution in [-0.2, 0) is 0 Å². The lowest BCUT2D eigenvalue weighted by Crippen LogP contribution is -1.99. The van der Waals surface area contributed by atoms with Crippen LogP contribution in [0.5, 0.6) is 0 Å². The second-order valence-electron chi connectivity index (χ2n) is 3.06. The van der Waals surface area contributed by atoms with Gasteiger partial charge in [0.1, 0.15) is 11.6 Å². The average molecular weight is 210 g/mol. The van der Waals surface area contributed by atoms with Crippen molar-refractivity contribution < 1.29 is 0 Å². The van der Waals surface area contributed by atoms with Crippen molar-refractivity contribution in [1.82, 2.24) is 9.97 Å². The van der Waals surface area contributed by atoms with E-state index < -0.39 is 0 Å². The lowest BCUT2D eigenvalue weighted by molar-refractivity contribution is 0.980. The SMILES string of the molecule is C=C(C)CCSc1nc(N)cc(N)n1. The Morgan fingerprint density at radius 2 is 2.00 bits per heavy atom. The number of nitrogens with two attached hydrogens (primary N) is 2. The molecule has 1 rings (SSSR count). The molecule has 0 unspecified atom stereocenters. The Bertz CT molecular complexity index is 317. The smallest absolute Gasteiger partial charge is 0.191 e. The van der Waals surface area contributed by atoms with E-state index in [4.69, 9.17) is 11.5 Å². The molecule has 0 spiro atoms. The fourth-order valence-electron chi connectivity index (χ4n) is 0.843. The Labute approximate surface area is 87.8 Å². The molecule has 0 aliphatic carbocycles. The minimum absolute atomic E-state index is 0.412. The molecule has 14 heavy (non-hydrogen) atoms. The standard InChI is InChI=1S/C9H14N4S/c1-6(2)3-4-14-9-12-7(10)5-8(11)13-9/h5H,1,3-4H2,2H3,(H4,10,11,12,13). The molecule has 76 valence electrons. The Morgan fingerprint density at radius 1 is 1.43 bits per heavy atom. The van der Waals surface area contributed by atoms with E-state index in [0.717, 1.165) is 17.7 Å². The molecule has 0 aromatic carbocycles. The molecule has 1 aromatic rings. The second kappa shape index (κ2) is 4.85. The maximum Gasteiger partial charge on any atom is 0.191 e. The maximum atomic E-state index is 5.53. The third kappa shape index (κ3) is 3.66. The highest BCUT2D eigenvalue weighted by atomic mass is 32.2. The Balaban J connectivity index is 2.54. The number of aromatic nitrogens is 2. The normalized spacial score (nSPS) is 10.1. The highest BCUT2D eigenvalue weighted by Crippen LogP contribution is 2.18. The van der Waals surface area contributed by atoms with Gasteiger partial charge in [-0.25, -0.2) is 9.97 Å². The first-order valence-electron chi connectivity index (χ1n) is 4.25. The summed E-state index contributed by atoms with van der Waals surface area (Å²) in [6.45, 7) is 5.81. The molecule has 0 bridgehead atoms. The highest BCUT2D eigenvalue weighted by molar-refractivity contribution is 7.99. The Morgan fingerprint density at radius 3 is 2.50 bits per heavy atom. The van der Waals surface area contributed by atoms with Gasteiger partial charge >= 0.3 is 0 Å². The molecule has 1 heterocycles. The van der Waals surface area contributed by atoms with Gasteiger partial charge in [0.15, 0.2) is 5.16 Å². The van der Waals surface area contributed by atoms with Crippen molar-refractivity contribution in [2.24, 2.45) is 0 Å². The van der Waals surface area contributed by atoms with Gasteiger partial charge in [-0.3, -0.25) is 0 Å². The lowest BCUT2D eigenvalue weighted by Gasteiger charge is -2.02. The van der Waals surface area contributed by atoms with E-state index in [1.165, 1.54) is 11.8 Å². The van der Waals surface area contributed by atoms with Crippen LogP contribution < -0.4 is 11.5 Å². The van der Waals surface area contributed by atoms with Crippen molar-refractivity contribution in [3.05, 3.63) is 18.2 Å². The average Bonchev–Trinajstić information content (AvgIpc) is 2.01. The summed E-state index contributed by atoms with van der Waals surface area (Å²) >= 11 is 1.53. The summed E-state index contributed by atoms with van der Waals surface area (Å²) in [7, 11) is 0. The number of rotatable bonds is 4. The number of nitrogens with zero attached hydrogens (tertiary/aromatic N) is 2. The fourth-order valence-corrected chi connectivity index (χ4v) is 1.82. The predicted molar refractivity (Wildman–Crippen MR) is 61.0 cm³/mol. The van der Waals surface area contributed by atoms with Crippen LogP contribution in [0, 0.1) is 0 Å². The first kappa shape index (κ1) is 10.8. The summed E-state index contributed by atoms with van der Waals surface area (Å²) in [4.78, 5) is 8.10. The summed E-state index contributed by atoms with van der Waals surface area (Å²) in [5, 5.41) is 0.628. The summed E-state index contributed by atoms with van der Waals surface area (Å²) in [6, 6.07) is 1.54. The van der Waals surface area contributed by atoms with Gasteiger partial charge in [0, 0.05) is 11.8 Å². The number of hydrogen-bond acceptors (Lipinski definition) is 5. The monoisotopic (exact) mass is 210 g/mol. The Hall–Kier alpha value is -1.23. The van der Waals surface area contributed by atoms with E-state index >= 15 is 0 Å². The lowest BCUT2D eigenvalue weighted by atomic mass is 10.3. The summed E-state index contributed by atoms with van der Waals surface area (Å²) in [6.07, 6.45) is 0.947. The Kier molecular flexibility index (Phi) is 3.76. The summed E-state index contributed by atoms with van der Waals surface area (Å²) in [5.74, 6) is 1.73. The van der Waals surface area contributed by atoms with Gasteiger partial charge in [-0.15, -0.1) is 6.58 Å². The zero-order valence-corrected chi connectivity index (χ0v) is 8.97. The largest absolute Gasteiger partial charge is 0.383 e. The van der Waals surface area contributed by atoms with Crippen LogP contribution in [-0.4, -0.2) is 15.7 Å². The molecule has 0 amide bonds. The molecule has 0 aliphatic heterocycles. The van der Waals surface area contributed by atoms with Gasteiger partial charge < -0.3 is 11.5 Å². The molecule has 0 atom stereocenters. The van der Waals surface area contributed by atoms with Crippen LogP contribution in [0.25, 0.3) is 0 Å². The van der Waals surface area contributed by atoms with E-state index in [9.17, 15) is 0 Å². The van der Waals surface area contributed by atoms with Gasteiger partial charge in [0.2, 0.25) is 0 Å². The third-order valence-corrected chi connectivity index (χ3v) is 2.35. The molecule has 0 saturated heterocycles. The van der Waals surface area contributed by atoms with Gasteiger partial charge in [-0.05, 0) is 13.3 Å². The number of thioether (sulfide) groups is 1. The van der Waals surface area contributed by atoms with Gasteiger partial charge in [-0.2, -0.15) is 0 Å². The molecule has 5 heteroatoms. The van der Waals surface area contributed by atoms with Crippen molar-refractivity contribution in [1.29, 1.82) is 0 Å². The first-order chi connectivity index (χ1) is 6.58. The number of hydrogen-bond donors (Lipinski definition) is 2. The van der Waals surface area contributed by atoms with Crippen LogP contribution >= 0.6 is 11.8 Å². The van der Waals surface area contributed by atoms with Crippen molar-refractivity contribution in [3.63, 3.8) is 0 Å². The highest BCUT2D eigenvalue weighted by Gasteiger charge is 2.00. The summed E-state index contributed by atoms with van der Waals surface area (Å²) < 4.78 is 0. The minimum Gasteiger partial charge on any atom is -0.383 e. The van der Waals surface area contributed by atoms with E-state index in [1.807, 2.05) is 6.92 Å². The zero-order valence-electron chi connectivity index (χ0n) is 8.16. The van der Waals surface area contributed by atoms with E-state index in [0.29, 0.717) is 16.8 Å². The van der Waals surface area contributed by atoms with Crippen LogP contribution in [0.15, 0.2) is 23.4 Å². The summed E-state index contributed by atoms with van der Waals surface area (Å²) in [5.41, 5.74) is 12.2. The number of anilines is 2. The van der Waals surface area contributed by atoms with Crippen LogP contribution in [0.3, 0.4) is 0 Å². The van der Waals surface area contributed by atoms with Crippen LogP contribution in [0.1, 0.15) is 13.3 Å². The topological polar surface area (TPSA) is 77.8 Å². The first-order valence-corrected chi connectivity index (χ1v) is 5.23. The number of allylic oxidation sites excluding steroid dienone is 1. The van der Waals surface area contributed by atoms with Crippen LogP contribution in [0.2, 0.25) is 0 Å².